The van der Waals surface area contributed by atoms with Crippen molar-refractivity contribution < 1.29 is 9.59 Å². The Morgan fingerprint density at radius 2 is 1.69 bits per heavy atom. The van der Waals surface area contributed by atoms with Crippen LogP contribution in [0.2, 0.25) is 0 Å². The molecule has 3 N–H and O–H groups in total. The van der Waals surface area contributed by atoms with E-state index in [9.17, 15) is 9.59 Å². The first-order chi connectivity index (χ1) is 17.5. The van der Waals surface area contributed by atoms with Crippen molar-refractivity contribution in [1.82, 2.24) is 35.2 Å². The molecule has 1 aromatic carbocycles. The number of anilines is 1. The molecule has 0 aliphatic carbocycles. The zero-order chi connectivity index (χ0) is 25.3. The van der Waals surface area contributed by atoms with Crippen LogP contribution < -0.4 is 5.32 Å². The van der Waals surface area contributed by atoms with E-state index in [4.69, 9.17) is 0 Å². The number of benzene rings is 1. The lowest BCUT2D eigenvalue weighted by Gasteiger charge is -2.30. The number of piperidine rings is 1. The number of aromatic nitrogens is 5. The van der Waals surface area contributed by atoms with Crippen LogP contribution in [0.15, 0.2) is 49.1 Å². The number of rotatable bonds is 1. The van der Waals surface area contributed by atoms with E-state index in [1.807, 2.05) is 30.5 Å². The highest BCUT2D eigenvalue weighted by atomic mass is 16.2. The van der Waals surface area contributed by atoms with Gasteiger partial charge in [0.2, 0.25) is 0 Å². The number of pyridine rings is 1. The van der Waals surface area contributed by atoms with Crippen LogP contribution in [0.25, 0.3) is 21.8 Å². The van der Waals surface area contributed by atoms with Crippen molar-refractivity contribution in [3.8, 4) is 0 Å². The van der Waals surface area contributed by atoms with Crippen LogP contribution in [0.3, 0.4) is 0 Å². The van der Waals surface area contributed by atoms with E-state index in [-0.39, 0.29) is 0 Å². The monoisotopic (exact) mass is 490 g/mol. The number of nitrogens with zero attached hydrogens (tertiary/aromatic N) is 5. The first-order valence-corrected chi connectivity index (χ1v) is 12.4. The minimum Gasteiger partial charge on any atom is -0.334 e. The standard InChI is InChI=1S/C14H17N5O2.C7H6N2.C5H11N/c1-9-3-2-4-19(8-9)14(21)13(20)17-11-7-15-5-10-6-16-18-12(10)11;1-2-4-7-6(3-1)5-8-9-7;1-6-4-2-3-5-6/h5-7,9H,2-4,8H2,1H3,(H,16,18)(H,17,20);1-5H,(H,8,9);2-5H2,1H3. The summed E-state index contributed by atoms with van der Waals surface area (Å²) < 4.78 is 0. The maximum absolute atomic E-state index is 12.2. The highest BCUT2D eigenvalue weighted by molar-refractivity contribution is 6.40. The van der Waals surface area contributed by atoms with Crippen molar-refractivity contribution >= 4 is 39.3 Å². The summed E-state index contributed by atoms with van der Waals surface area (Å²) in [5, 5.41) is 18.0. The Morgan fingerprint density at radius 3 is 2.42 bits per heavy atom. The largest absolute Gasteiger partial charge is 0.334 e. The summed E-state index contributed by atoms with van der Waals surface area (Å²) in [6.07, 6.45) is 11.4. The Morgan fingerprint density at radius 1 is 0.944 bits per heavy atom. The number of carbonyl (C=O) groups excluding carboxylic acids is 2. The molecule has 2 fully saturated rings. The number of aromatic amines is 2. The normalized spacial score (nSPS) is 17.7. The van der Waals surface area contributed by atoms with Gasteiger partial charge in [-0.15, -0.1) is 0 Å². The van der Waals surface area contributed by atoms with E-state index in [1.54, 1.807) is 17.3 Å². The second-order valence-electron chi connectivity index (χ2n) is 9.44. The molecule has 1 atom stereocenters. The Bertz CT molecular complexity index is 1250. The number of H-pyrrole nitrogens is 2. The molecule has 10 heteroatoms. The van der Waals surface area contributed by atoms with E-state index >= 15 is 0 Å². The average Bonchev–Trinajstić information content (AvgIpc) is 3.66. The number of likely N-dealkylation sites (tertiary alicyclic amines) is 2. The molecule has 2 aliphatic heterocycles. The molecule has 36 heavy (non-hydrogen) atoms. The highest BCUT2D eigenvalue weighted by Crippen LogP contribution is 2.20. The van der Waals surface area contributed by atoms with Crippen LogP contribution in [0, 0.1) is 5.92 Å². The van der Waals surface area contributed by atoms with Gasteiger partial charge in [0.1, 0.15) is 0 Å². The van der Waals surface area contributed by atoms with Crippen molar-refractivity contribution in [2.24, 2.45) is 5.92 Å². The Labute approximate surface area is 210 Å². The zero-order valence-electron chi connectivity index (χ0n) is 20.9. The predicted octanol–water partition coefficient (Wildman–Crippen LogP) is 3.43. The van der Waals surface area contributed by atoms with Gasteiger partial charge < -0.3 is 15.1 Å². The van der Waals surface area contributed by atoms with Crippen LogP contribution in [-0.2, 0) is 9.59 Å². The first kappa shape index (κ1) is 25.3. The third-order valence-electron chi connectivity index (χ3n) is 6.42. The fourth-order valence-corrected chi connectivity index (χ4v) is 4.41. The van der Waals surface area contributed by atoms with E-state index in [1.165, 1.54) is 32.1 Å². The minimum atomic E-state index is -0.631. The lowest BCUT2D eigenvalue weighted by atomic mass is 10.0. The van der Waals surface area contributed by atoms with E-state index < -0.39 is 11.8 Å². The summed E-state index contributed by atoms with van der Waals surface area (Å²) in [7, 11) is 2.17. The van der Waals surface area contributed by atoms with Gasteiger partial charge in [-0.25, -0.2) is 0 Å². The van der Waals surface area contributed by atoms with Gasteiger partial charge in [0.15, 0.2) is 0 Å². The molecular formula is C26H34N8O2. The fraction of sp³-hybridized carbons (Fsp3) is 0.423. The summed E-state index contributed by atoms with van der Waals surface area (Å²) in [6, 6.07) is 8.01. The summed E-state index contributed by atoms with van der Waals surface area (Å²) in [5.74, 6) is -0.681. The van der Waals surface area contributed by atoms with Crippen molar-refractivity contribution in [2.45, 2.75) is 32.6 Å². The lowest BCUT2D eigenvalue weighted by molar-refractivity contribution is -0.144. The van der Waals surface area contributed by atoms with Crippen LogP contribution in [0.5, 0.6) is 0 Å². The number of hydrogen-bond acceptors (Lipinski definition) is 6. The SMILES string of the molecule is CC1CCCN(C(=O)C(=O)Nc2cncc3cn[nH]c23)C1.CN1CCCC1.c1ccc2[nH]ncc2c1. The first-order valence-electron chi connectivity index (χ1n) is 12.4. The molecule has 1 unspecified atom stereocenters. The molecule has 5 heterocycles. The van der Waals surface area contributed by atoms with Crippen molar-refractivity contribution in [3.63, 3.8) is 0 Å². The summed E-state index contributed by atoms with van der Waals surface area (Å²) >= 11 is 0. The van der Waals surface area contributed by atoms with Crippen LogP contribution in [0.4, 0.5) is 5.69 Å². The average molecular weight is 491 g/mol. The third kappa shape index (κ3) is 6.66. The number of amides is 2. The van der Waals surface area contributed by atoms with Gasteiger partial charge in [0.25, 0.3) is 0 Å². The van der Waals surface area contributed by atoms with Crippen molar-refractivity contribution in [2.75, 3.05) is 38.5 Å². The van der Waals surface area contributed by atoms with E-state index in [0.29, 0.717) is 30.2 Å². The van der Waals surface area contributed by atoms with E-state index in [0.717, 1.165) is 29.1 Å². The molecule has 0 spiro atoms. The summed E-state index contributed by atoms with van der Waals surface area (Å²) in [4.78, 5) is 32.3. The number of carbonyl (C=O) groups is 2. The van der Waals surface area contributed by atoms with Gasteiger partial charge >= 0.3 is 11.8 Å². The molecular weight excluding hydrogens is 456 g/mol. The van der Waals surface area contributed by atoms with Gasteiger partial charge in [-0.05, 0) is 57.8 Å². The van der Waals surface area contributed by atoms with Crippen molar-refractivity contribution in [1.29, 1.82) is 0 Å². The molecule has 2 amide bonds. The van der Waals surface area contributed by atoms with Gasteiger partial charge in [-0.1, -0.05) is 25.1 Å². The zero-order valence-corrected chi connectivity index (χ0v) is 20.9. The molecule has 10 nitrogen and oxygen atoms in total. The second kappa shape index (κ2) is 12.3. The molecule has 2 aliphatic rings. The number of nitrogens with one attached hydrogen (secondary N) is 3. The van der Waals surface area contributed by atoms with E-state index in [2.05, 4.69) is 49.6 Å². The Hall–Kier alpha value is -3.79. The molecule has 0 saturated carbocycles. The maximum atomic E-state index is 12.2. The molecule has 0 radical (unpaired) electrons. The molecule has 6 rings (SSSR count). The number of para-hydroxylation sites is 1. The second-order valence-corrected chi connectivity index (χ2v) is 9.44. The smallest absolute Gasteiger partial charge is 0.314 e. The minimum absolute atomic E-state index is 0.438. The van der Waals surface area contributed by atoms with Gasteiger partial charge in [0, 0.05) is 30.1 Å². The van der Waals surface area contributed by atoms with Gasteiger partial charge in [0.05, 0.1) is 35.3 Å². The predicted molar refractivity (Wildman–Crippen MR) is 140 cm³/mol. The quantitative estimate of drug-likeness (QED) is 0.351. The lowest BCUT2D eigenvalue weighted by Crippen LogP contribution is -2.44. The number of fused-ring (bicyclic) bond motifs is 2. The van der Waals surface area contributed by atoms with Gasteiger partial charge in [-0.3, -0.25) is 24.8 Å². The fourth-order valence-electron chi connectivity index (χ4n) is 4.41. The Balaban J connectivity index is 0.000000164. The molecule has 0 bridgehead atoms. The van der Waals surface area contributed by atoms with Gasteiger partial charge in [-0.2, -0.15) is 10.2 Å². The highest BCUT2D eigenvalue weighted by Gasteiger charge is 2.26. The molecule has 2 saturated heterocycles. The molecule has 4 aromatic rings. The van der Waals surface area contributed by atoms with Crippen molar-refractivity contribution in [3.05, 3.63) is 49.1 Å². The van der Waals surface area contributed by atoms with Crippen LogP contribution >= 0.6 is 0 Å². The molecule has 190 valence electrons. The maximum Gasteiger partial charge on any atom is 0.314 e. The molecule has 3 aromatic heterocycles. The topological polar surface area (TPSA) is 123 Å². The van der Waals surface area contributed by atoms with Crippen LogP contribution in [-0.4, -0.2) is 80.2 Å². The van der Waals surface area contributed by atoms with Crippen LogP contribution in [0.1, 0.15) is 32.6 Å². The Kier molecular flexibility index (Phi) is 8.62. The third-order valence-corrected chi connectivity index (χ3v) is 6.42. The number of hydrogen-bond donors (Lipinski definition) is 3. The summed E-state index contributed by atoms with van der Waals surface area (Å²) in [5.41, 5.74) is 2.23. The summed E-state index contributed by atoms with van der Waals surface area (Å²) in [6.45, 7) is 6.01.